The molecule has 6 heteroatoms. The van der Waals surface area contributed by atoms with E-state index < -0.39 is 22.3 Å². The average Bonchev–Trinajstić information content (AvgIpc) is 2.22. The molecular weight excluding hydrogens is 232 g/mol. The van der Waals surface area contributed by atoms with Gasteiger partial charge in [0.25, 0.3) is 10.1 Å². The summed E-state index contributed by atoms with van der Waals surface area (Å²) < 4.78 is 30.7. The molecule has 1 aliphatic carbocycles. The largest absolute Gasteiger partial charge is 0.384 e. The van der Waals surface area contributed by atoms with Gasteiger partial charge in [-0.2, -0.15) is 8.42 Å². The second kappa shape index (κ2) is 3.67. The van der Waals surface area contributed by atoms with Crippen LogP contribution in [0.1, 0.15) is 23.3 Å². The van der Waals surface area contributed by atoms with Crippen LogP contribution in [0.4, 0.5) is 0 Å². The van der Waals surface area contributed by atoms with Crippen molar-refractivity contribution in [2.24, 2.45) is 0 Å². The van der Waals surface area contributed by atoms with Gasteiger partial charge in [0.1, 0.15) is 0 Å². The van der Waals surface area contributed by atoms with E-state index in [2.05, 4.69) is 0 Å². The molecule has 2 atom stereocenters. The summed E-state index contributed by atoms with van der Waals surface area (Å²) in [6.45, 7) is 0. The lowest BCUT2D eigenvalue weighted by Crippen LogP contribution is -2.10. The van der Waals surface area contributed by atoms with Crippen LogP contribution in [0.5, 0.6) is 0 Å². The lowest BCUT2D eigenvalue weighted by atomic mass is 9.93. The average molecular weight is 242 g/mol. The Morgan fingerprint density at radius 1 is 1.00 bits per heavy atom. The van der Waals surface area contributed by atoms with Gasteiger partial charge in [-0.05, 0) is 23.3 Å². The molecule has 0 heterocycles. The quantitative estimate of drug-likeness (QED) is 0.494. The summed E-state index contributed by atoms with van der Waals surface area (Å²) in [4.78, 5) is -0.298. The molecule has 16 heavy (non-hydrogen) atoms. The van der Waals surface area contributed by atoms with Crippen molar-refractivity contribution >= 4 is 10.1 Å². The van der Waals surface area contributed by atoms with Crippen LogP contribution in [0.25, 0.3) is 0 Å². The lowest BCUT2D eigenvalue weighted by molar-refractivity contribution is 0.188. The molecule has 0 aromatic heterocycles. The first-order chi connectivity index (χ1) is 7.39. The number of hydrogen-bond acceptors (Lipinski definition) is 4. The molecule has 0 spiro atoms. The van der Waals surface area contributed by atoms with Gasteiger partial charge in [-0.25, -0.2) is 0 Å². The monoisotopic (exact) mass is 242 g/mol. The molecule has 2 rings (SSSR count). The van der Waals surface area contributed by atoms with E-state index in [1.807, 2.05) is 0 Å². The standard InChI is InChI=1S/C10H10O5S/c11-9-3-4-10(12)8-5-6(16(13,14)15)1-2-7(8)9/h1-5,9-12H,(H,13,14,15). The van der Waals surface area contributed by atoms with E-state index >= 15 is 0 Å². The highest BCUT2D eigenvalue weighted by Crippen LogP contribution is 2.32. The van der Waals surface area contributed by atoms with Crippen LogP contribution in [0, 0.1) is 0 Å². The summed E-state index contributed by atoms with van der Waals surface area (Å²) in [5.41, 5.74) is 0.715. The Hall–Kier alpha value is -1.21. The van der Waals surface area contributed by atoms with E-state index in [9.17, 15) is 18.6 Å². The number of aliphatic hydroxyl groups is 2. The van der Waals surface area contributed by atoms with Crippen LogP contribution < -0.4 is 0 Å². The van der Waals surface area contributed by atoms with Crippen LogP contribution >= 0.6 is 0 Å². The van der Waals surface area contributed by atoms with Crippen molar-refractivity contribution < 1.29 is 23.2 Å². The second-order valence-electron chi connectivity index (χ2n) is 3.54. The van der Waals surface area contributed by atoms with Crippen LogP contribution in [0.2, 0.25) is 0 Å². The van der Waals surface area contributed by atoms with Crippen LogP contribution in [0.3, 0.4) is 0 Å². The molecule has 0 aliphatic heterocycles. The first-order valence-corrected chi connectivity index (χ1v) is 5.99. The zero-order valence-electron chi connectivity index (χ0n) is 8.11. The molecule has 5 nitrogen and oxygen atoms in total. The normalized spacial score (nSPS) is 24.2. The van der Waals surface area contributed by atoms with E-state index in [0.717, 1.165) is 6.07 Å². The first-order valence-electron chi connectivity index (χ1n) is 4.55. The molecule has 0 radical (unpaired) electrons. The molecular formula is C10H10O5S. The summed E-state index contributed by atoms with van der Waals surface area (Å²) in [6, 6.07) is 3.71. The first kappa shape index (κ1) is 11.3. The lowest BCUT2D eigenvalue weighted by Gasteiger charge is -2.20. The highest BCUT2D eigenvalue weighted by molar-refractivity contribution is 7.85. The molecule has 0 bridgehead atoms. The van der Waals surface area contributed by atoms with E-state index in [0.29, 0.717) is 5.56 Å². The maximum absolute atomic E-state index is 10.9. The van der Waals surface area contributed by atoms with Crippen molar-refractivity contribution in [3.05, 3.63) is 41.5 Å². The summed E-state index contributed by atoms with van der Waals surface area (Å²) >= 11 is 0. The van der Waals surface area contributed by atoms with Crippen LogP contribution in [-0.4, -0.2) is 23.2 Å². The Labute approximate surface area is 92.4 Å². The van der Waals surface area contributed by atoms with Crippen molar-refractivity contribution in [3.63, 3.8) is 0 Å². The van der Waals surface area contributed by atoms with Crippen molar-refractivity contribution in [2.75, 3.05) is 0 Å². The third kappa shape index (κ3) is 1.88. The predicted octanol–water partition coefficient (Wildman–Crippen LogP) is 0.570. The molecule has 3 N–H and O–H groups in total. The van der Waals surface area contributed by atoms with Gasteiger partial charge in [-0.15, -0.1) is 0 Å². The highest BCUT2D eigenvalue weighted by atomic mass is 32.2. The molecule has 1 aromatic carbocycles. The number of hydrogen-bond donors (Lipinski definition) is 3. The molecule has 0 saturated heterocycles. The Kier molecular flexibility index (Phi) is 2.59. The summed E-state index contributed by atoms with van der Waals surface area (Å²) in [5, 5.41) is 19.2. The topological polar surface area (TPSA) is 94.8 Å². The Bertz CT molecular complexity index is 546. The Balaban J connectivity index is 2.60. The molecule has 1 aliphatic rings. The van der Waals surface area contributed by atoms with Gasteiger partial charge in [0.05, 0.1) is 17.1 Å². The number of rotatable bonds is 1. The third-order valence-electron chi connectivity index (χ3n) is 2.47. The van der Waals surface area contributed by atoms with E-state index in [4.69, 9.17) is 4.55 Å². The number of benzene rings is 1. The molecule has 2 unspecified atom stereocenters. The molecule has 86 valence electrons. The minimum Gasteiger partial charge on any atom is -0.384 e. The Morgan fingerprint density at radius 3 is 2.12 bits per heavy atom. The van der Waals surface area contributed by atoms with Crippen LogP contribution in [-0.2, 0) is 10.1 Å². The second-order valence-corrected chi connectivity index (χ2v) is 4.96. The number of fused-ring (bicyclic) bond motifs is 1. The molecule has 0 fully saturated rings. The minimum atomic E-state index is -4.29. The maximum Gasteiger partial charge on any atom is 0.294 e. The van der Waals surface area contributed by atoms with Gasteiger partial charge < -0.3 is 10.2 Å². The van der Waals surface area contributed by atoms with E-state index in [1.165, 1.54) is 24.3 Å². The van der Waals surface area contributed by atoms with E-state index in [-0.39, 0.29) is 10.5 Å². The van der Waals surface area contributed by atoms with Gasteiger partial charge >= 0.3 is 0 Å². The minimum absolute atomic E-state index is 0.283. The predicted molar refractivity (Wildman–Crippen MR) is 55.3 cm³/mol. The summed E-state index contributed by atoms with van der Waals surface area (Å²) in [7, 11) is -4.29. The fourth-order valence-electron chi connectivity index (χ4n) is 1.66. The van der Waals surface area contributed by atoms with E-state index in [1.54, 1.807) is 0 Å². The molecule has 0 amide bonds. The SMILES string of the molecule is O=S(=O)(O)c1ccc2c(c1)C(O)C=CC2O. The zero-order chi connectivity index (χ0) is 11.9. The van der Waals surface area contributed by atoms with Crippen molar-refractivity contribution in [1.29, 1.82) is 0 Å². The zero-order valence-corrected chi connectivity index (χ0v) is 8.92. The summed E-state index contributed by atoms with van der Waals surface area (Å²) in [5.74, 6) is 0. The Morgan fingerprint density at radius 2 is 1.56 bits per heavy atom. The fraction of sp³-hybridized carbons (Fsp3) is 0.200. The number of aliphatic hydroxyl groups excluding tert-OH is 2. The smallest absolute Gasteiger partial charge is 0.294 e. The third-order valence-corrected chi connectivity index (χ3v) is 3.32. The molecule has 0 saturated carbocycles. The van der Waals surface area contributed by atoms with Gasteiger partial charge in [0, 0.05) is 0 Å². The summed E-state index contributed by atoms with van der Waals surface area (Å²) in [6.07, 6.45) is 0.940. The van der Waals surface area contributed by atoms with Crippen LogP contribution in [0.15, 0.2) is 35.2 Å². The van der Waals surface area contributed by atoms with Gasteiger partial charge in [0.2, 0.25) is 0 Å². The van der Waals surface area contributed by atoms with Gasteiger partial charge in [-0.1, -0.05) is 18.2 Å². The maximum atomic E-state index is 10.9. The fourth-order valence-corrected chi connectivity index (χ4v) is 2.17. The van der Waals surface area contributed by atoms with Crippen molar-refractivity contribution in [2.45, 2.75) is 17.1 Å². The highest BCUT2D eigenvalue weighted by Gasteiger charge is 2.22. The van der Waals surface area contributed by atoms with Crippen molar-refractivity contribution in [1.82, 2.24) is 0 Å². The molecule has 1 aromatic rings. The van der Waals surface area contributed by atoms with Crippen molar-refractivity contribution in [3.8, 4) is 0 Å². The van der Waals surface area contributed by atoms with Gasteiger partial charge in [0.15, 0.2) is 0 Å². The van der Waals surface area contributed by atoms with Gasteiger partial charge in [-0.3, -0.25) is 4.55 Å².